The fourth-order valence-corrected chi connectivity index (χ4v) is 4.84. The van der Waals surface area contributed by atoms with Gasteiger partial charge in [-0.1, -0.05) is 26.0 Å². The minimum absolute atomic E-state index is 0.0256. The minimum Gasteiger partial charge on any atom is -0.352 e. The van der Waals surface area contributed by atoms with Crippen molar-refractivity contribution in [3.05, 3.63) is 35.4 Å². The molecule has 29 heavy (non-hydrogen) atoms. The Balaban J connectivity index is 1.98. The second-order valence-corrected chi connectivity index (χ2v) is 8.99. The van der Waals surface area contributed by atoms with Crippen LogP contribution in [0.4, 0.5) is 0 Å². The number of ketones is 1. The number of carbonyl (C=O) groups is 2. The van der Waals surface area contributed by atoms with Crippen molar-refractivity contribution in [2.24, 2.45) is 0 Å². The molecule has 1 aromatic rings. The Morgan fingerprint density at radius 3 is 2.21 bits per heavy atom. The molecule has 1 aliphatic heterocycles. The molecule has 0 bridgehead atoms. The zero-order chi connectivity index (χ0) is 21.7. The highest BCUT2D eigenvalue weighted by atomic mass is 16.1. The molecule has 2 N–H and O–H groups in total. The van der Waals surface area contributed by atoms with Gasteiger partial charge in [0.1, 0.15) is 0 Å². The Bertz CT molecular complexity index is 700. The summed E-state index contributed by atoms with van der Waals surface area (Å²) in [6.07, 6.45) is 5.45. The van der Waals surface area contributed by atoms with E-state index in [9.17, 15) is 9.59 Å². The van der Waals surface area contributed by atoms with Crippen molar-refractivity contribution >= 4 is 11.7 Å². The van der Waals surface area contributed by atoms with Crippen LogP contribution in [0, 0.1) is 0 Å². The molecule has 2 rings (SSSR count). The molecule has 1 aromatic carbocycles. The number of nitrogens with one attached hydrogen (secondary N) is 2. The molecular weight excluding hydrogens is 362 g/mol. The highest BCUT2D eigenvalue weighted by Crippen LogP contribution is 2.42. The van der Waals surface area contributed by atoms with E-state index >= 15 is 0 Å². The molecule has 0 aliphatic carbocycles. The molecule has 1 amide bonds. The summed E-state index contributed by atoms with van der Waals surface area (Å²) < 4.78 is 0. The standard InChI is InChI=1S/C24H39N3O2/c1-7-23(4)16-21(25-6)17-24(5,8-2)27(23)14-10-13-26-22(29)20-12-9-11-19(15-20)18(3)28/h9,11-12,15,21,25H,7-8,10,13-14,16-17H2,1-6H3,(H,26,29). The molecule has 1 saturated heterocycles. The first kappa shape index (κ1) is 23.6. The second-order valence-electron chi connectivity index (χ2n) is 8.99. The van der Waals surface area contributed by atoms with Gasteiger partial charge >= 0.3 is 0 Å². The number of benzene rings is 1. The van der Waals surface area contributed by atoms with Gasteiger partial charge in [0.05, 0.1) is 0 Å². The smallest absolute Gasteiger partial charge is 0.251 e. The number of nitrogens with zero attached hydrogens (tertiary/aromatic N) is 1. The number of hydrogen-bond donors (Lipinski definition) is 2. The quantitative estimate of drug-likeness (QED) is 0.484. The fraction of sp³-hybridized carbons (Fsp3) is 0.667. The summed E-state index contributed by atoms with van der Waals surface area (Å²) in [4.78, 5) is 26.7. The number of rotatable bonds is 9. The van der Waals surface area contributed by atoms with Crippen molar-refractivity contribution < 1.29 is 9.59 Å². The number of likely N-dealkylation sites (tertiary alicyclic amines) is 1. The molecule has 0 saturated carbocycles. The molecule has 2 atom stereocenters. The predicted molar refractivity (Wildman–Crippen MR) is 120 cm³/mol. The Hall–Kier alpha value is -1.72. The lowest BCUT2D eigenvalue weighted by atomic mass is 9.73. The van der Waals surface area contributed by atoms with E-state index in [2.05, 4.69) is 50.3 Å². The van der Waals surface area contributed by atoms with E-state index in [1.54, 1.807) is 24.3 Å². The zero-order valence-electron chi connectivity index (χ0n) is 19.1. The third kappa shape index (κ3) is 5.46. The predicted octanol–water partition coefficient (Wildman–Crippen LogP) is 4.03. The first-order valence-electron chi connectivity index (χ1n) is 11.0. The van der Waals surface area contributed by atoms with Crippen LogP contribution < -0.4 is 10.6 Å². The molecule has 1 fully saturated rings. The van der Waals surface area contributed by atoms with E-state index in [-0.39, 0.29) is 22.8 Å². The summed E-state index contributed by atoms with van der Waals surface area (Å²) in [5, 5.41) is 6.53. The summed E-state index contributed by atoms with van der Waals surface area (Å²) in [5.41, 5.74) is 1.44. The number of carbonyl (C=O) groups excluding carboxylic acids is 2. The lowest BCUT2D eigenvalue weighted by Gasteiger charge is -2.58. The van der Waals surface area contributed by atoms with E-state index in [0.717, 1.165) is 38.6 Å². The van der Waals surface area contributed by atoms with Crippen molar-refractivity contribution in [2.75, 3.05) is 20.1 Å². The maximum Gasteiger partial charge on any atom is 0.251 e. The van der Waals surface area contributed by atoms with Crippen LogP contribution >= 0.6 is 0 Å². The van der Waals surface area contributed by atoms with Gasteiger partial charge in [-0.3, -0.25) is 14.5 Å². The van der Waals surface area contributed by atoms with Crippen LogP contribution in [0.15, 0.2) is 24.3 Å². The third-order valence-corrected chi connectivity index (χ3v) is 6.98. The maximum absolute atomic E-state index is 12.5. The number of amides is 1. The number of Topliss-reactive ketones (excluding diaryl/α,β-unsaturated/α-hetero) is 1. The van der Waals surface area contributed by atoms with Crippen LogP contribution in [0.5, 0.6) is 0 Å². The van der Waals surface area contributed by atoms with E-state index < -0.39 is 0 Å². The van der Waals surface area contributed by atoms with Crippen molar-refractivity contribution in [1.82, 2.24) is 15.5 Å². The molecule has 2 unspecified atom stereocenters. The van der Waals surface area contributed by atoms with Gasteiger partial charge < -0.3 is 10.6 Å². The third-order valence-electron chi connectivity index (χ3n) is 6.98. The highest BCUT2D eigenvalue weighted by molar-refractivity contribution is 5.99. The van der Waals surface area contributed by atoms with Gasteiger partial charge in [-0.25, -0.2) is 0 Å². The number of hydrogen-bond acceptors (Lipinski definition) is 4. The summed E-state index contributed by atoms with van der Waals surface area (Å²) in [5.74, 6) is -0.138. The Kier molecular flexibility index (Phi) is 8.01. The molecule has 5 nitrogen and oxygen atoms in total. The number of piperidine rings is 1. The van der Waals surface area contributed by atoms with Gasteiger partial charge in [-0.2, -0.15) is 0 Å². The summed E-state index contributed by atoms with van der Waals surface area (Å²) in [7, 11) is 2.07. The molecule has 0 aromatic heterocycles. The van der Waals surface area contributed by atoms with E-state index in [4.69, 9.17) is 0 Å². The van der Waals surface area contributed by atoms with Gasteiger partial charge in [-0.05, 0) is 72.1 Å². The van der Waals surface area contributed by atoms with Crippen molar-refractivity contribution in [3.8, 4) is 0 Å². The Morgan fingerprint density at radius 2 is 1.69 bits per heavy atom. The van der Waals surface area contributed by atoms with E-state index in [1.807, 2.05) is 0 Å². The summed E-state index contributed by atoms with van der Waals surface area (Å²) in [6.45, 7) is 12.5. The minimum atomic E-state index is -0.113. The molecule has 0 radical (unpaired) electrons. The van der Waals surface area contributed by atoms with E-state index in [1.165, 1.54) is 6.92 Å². The van der Waals surface area contributed by atoms with Crippen LogP contribution in [-0.2, 0) is 0 Å². The maximum atomic E-state index is 12.5. The lowest BCUT2D eigenvalue weighted by molar-refractivity contribution is -0.0629. The van der Waals surface area contributed by atoms with Crippen LogP contribution in [0.1, 0.15) is 87.4 Å². The van der Waals surface area contributed by atoms with Crippen molar-refractivity contribution in [1.29, 1.82) is 0 Å². The largest absolute Gasteiger partial charge is 0.352 e. The molecule has 0 spiro atoms. The summed E-state index contributed by atoms with van der Waals surface area (Å²) >= 11 is 0. The van der Waals surface area contributed by atoms with Crippen LogP contribution in [0.25, 0.3) is 0 Å². The SMILES string of the molecule is CCC1(C)CC(NC)CC(C)(CC)N1CCCNC(=O)c1cccc(C(C)=O)c1. The van der Waals surface area contributed by atoms with Crippen LogP contribution in [0.3, 0.4) is 0 Å². The average Bonchev–Trinajstić information content (AvgIpc) is 2.72. The van der Waals surface area contributed by atoms with Crippen LogP contribution in [-0.4, -0.2) is 53.8 Å². The normalized spacial score (nSPS) is 27.6. The molecule has 1 heterocycles. The zero-order valence-corrected chi connectivity index (χ0v) is 19.1. The molecule has 162 valence electrons. The second kappa shape index (κ2) is 9.86. The lowest BCUT2D eigenvalue weighted by Crippen LogP contribution is -2.65. The van der Waals surface area contributed by atoms with Gasteiger partial charge in [0.25, 0.3) is 5.91 Å². The topological polar surface area (TPSA) is 61.4 Å². The summed E-state index contributed by atoms with van der Waals surface area (Å²) in [6, 6.07) is 7.48. The van der Waals surface area contributed by atoms with Gasteiger partial charge in [0.15, 0.2) is 5.78 Å². The van der Waals surface area contributed by atoms with Crippen LogP contribution in [0.2, 0.25) is 0 Å². The Morgan fingerprint density at radius 1 is 1.10 bits per heavy atom. The highest BCUT2D eigenvalue weighted by Gasteiger charge is 2.47. The molecular formula is C24H39N3O2. The van der Waals surface area contributed by atoms with Gasteiger partial charge in [0.2, 0.25) is 0 Å². The first-order valence-corrected chi connectivity index (χ1v) is 11.0. The van der Waals surface area contributed by atoms with Gasteiger partial charge in [-0.15, -0.1) is 0 Å². The monoisotopic (exact) mass is 401 g/mol. The molecule has 5 heteroatoms. The van der Waals surface area contributed by atoms with E-state index in [0.29, 0.717) is 23.7 Å². The Labute approximate surface area is 176 Å². The fourth-order valence-electron chi connectivity index (χ4n) is 4.84. The van der Waals surface area contributed by atoms with Crippen molar-refractivity contribution in [3.63, 3.8) is 0 Å². The van der Waals surface area contributed by atoms with Crippen molar-refractivity contribution in [2.45, 2.75) is 83.8 Å². The average molecular weight is 402 g/mol. The van der Waals surface area contributed by atoms with Gasteiger partial charge in [0, 0.05) is 41.3 Å². The molecule has 1 aliphatic rings. The first-order chi connectivity index (χ1) is 13.7.